The molecule has 1 aliphatic carbocycles. The van der Waals surface area contributed by atoms with Crippen LogP contribution in [-0.4, -0.2) is 11.7 Å². The maximum Gasteiger partial charge on any atom is 0.120 e. The molecular weight excluding hydrogens is 310 g/mol. The zero-order valence-corrected chi connectivity index (χ0v) is 14.4. The molecule has 2 N–H and O–H groups in total. The third-order valence-electron chi connectivity index (χ3n) is 5.09. The number of ether oxygens (including phenoxy) is 1. The first-order valence-electron chi connectivity index (χ1n) is 8.75. The van der Waals surface area contributed by atoms with Gasteiger partial charge in [0.1, 0.15) is 18.1 Å². The van der Waals surface area contributed by atoms with Crippen molar-refractivity contribution in [3.05, 3.63) is 77.9 Å². The smallest absolute Gasteiger partial charge is 0.120 e. The molecule has 2 aliphatic rings. The molecule has 1 aliphatic heterocycles. The van der Waals surface area contributed by atoms with Gasteiger partial charge in [-0.25, -0.2) is 0 Å². The summed E-state index contributed by atoms with van der Waals surface area (Å²) >= 11 is 0. The van der Waals surface area contributed by atoms with Gasteiger partial charge in [-0.15, -0.1) is 0 Å². The van der Waals surface area contributed by atoms with Gasteiger partial charge in [0, 0.05) is 17.2 Å². The highest BCUT2D eigenvalue weighted by Crippen LogP contribution is 2.51. The van der Waals surface area contributed by atoms with Gasteiger partial charge in [-0.2, -0.15) is 0 Å². The Bertz CT molecular complexity index is 840. The van der Waals surface area contributed by atoms with Crippen molar-refractivity contribution >= 4 is 5.69 Å². The number of para-hydroxylation sites is 1. The summed E-state index contributed by atoms with van der Waals surface area (Å²) in [4.78, 5) is 0. The van der Waals surface area contributed by atoms with Crippen LogP contribution >= 0.6 is 0 Å². The second kappa shape index (κ2) is 6.32. The Kier molecular flexibility index (Phi) is 4.00. The molecular formula is C22H23NO2. The fourth-order valence-electron chi connectivity index (χ4n) is 3.93. The van der Waals surface area contributed by atoms with E-state index in [0.717, 1.165) is 29.0 Å². The van der Waals surface area contributed by atoms with Crippen LogP contribution in [-0.2, 0) is 0 Å². The largest absolute Gasteiger partial charge is 0.508 e. The van der Waals surface area contributed by atoms with Gasteiger partial charge in [-0.05, 0) is 54.7 Å². The van der Waals surface area contributed by atoms with Crippen LogP contribution in [0.15, 0.2) is 66.8 Å². The van der Waals surface area contributed by atoms with Gasteiger partial charge in [0.15, 0.2) is 0 Å². The number of allylic oxidation sites excluding steroid dienone is 2. The van der Waals surface area contributed by atoms with Crippen molar-refractivity contribution in [2.75, 3.05) is 11.9 Å². The van der Waals surface area contributed by atoms with Gasteiger partial charge in [0.2, 0.25) is 0 Å². The number of anilines is 1. The van der Waals surface area contributed by atoms with E-state index < -0.39 is 0 Å². The first-order valence-corrected chi connectivity index (χ1v) is 8.75. The van der Waals surface area contributed by atoms with Gasteiger partial charge >= 0.3 is 0 Å². The summed E-state index contributed by atoms with van der Waals surface area (Å²) < 4.78 is 5.82. The third-order valence-corrected chi connectivity index (χ3v) is 5.09. The van der Waals surface area contributed by atoms with E-state index in [0.29, 0.717) is 24.2 Å². The minimum absolute atomic E-state index is 0.107. The lowest BCUT2D eigenvalue weighted by atomic mass is 9.77. The van der Waals surface area contributed by atoms with Crippen LogP contribution < -0.4 is 10.1 Å². The van der Waals surface area contributed by atoms with Crippen LogP contribution in [0.5, 0.6) is 11.5 Å². The number of aromatic hydroxyl groups is 1. The van der Waals surface area contributed by atoms with E-state index in [-0.39, 0.29) is 6.04 Å². The van der Waals surface area contributed by atoms with Crippen LogP contribution in [0.1, 0.15) is 36.4 Å². The summed E-state index contributed by atoms with van der Waals surface area (Å²) in [5, 5.41) is 14.0. The Morgan fingerprint density at radius 3 is 2.88 bits per heavy atom. The SMILES string of the molecule is C=C(C)COc1ccc2c(c1)C1C=CCC1C(c1ccccc1O)N2. The zero-order valence-electron chi connectivity index (χ0n) is 14.4. The Balaban J connectivity index is 1.69. The van der Waals surface area contributed by atoms with Crippen LogP contribution in [0, 0.1) is 5.92 Å². The van der Waals surface area contributed by atoms with Crippen LogP contribution in [0.4, 0.5) is 5.69 Å². The number of phenolic OH excluding ortho intramolecular Hbond substituents is 1. The number of rotatable bonds is 4. The van der Waals surface area contributed by atoms with E-state index >= 15 is 0 Å². The lowest BCUT2D eigenvalue weighted by molar-refractivity contribution is 0.350. The standard InChI is InChI=1S/C22H23NO2/c1-14(2)13-25-15-10-11-20-19(12-15)16-7-5-8-17(16)22(23-20)18-6-3-4-9-21(18)24/h3-7,9-12,16-17,22-24H,1,8,13H2,2H3. The molecule has 1 heterocycles. The van der Waals surface area contributed by atoms with Gasteiger partial charge in [-0.3, -0.25) is 0 Å². The molecule has 0 saturated heterocycles. The van der Waals surface area contributed by atoms with E-state index in [1.54, 1.807) is 6.07 Å². The summed E-state index contributed by atoms with van der Waals surface area (Å²) in [6.07, 6.45) is 5.55. The van der Waals surface area contributed by atoms with Crippen molar-refractivity contribution < 1.29 is 9.84 Å². The Morgan fingerprint density at radius 1 is 1.24 bits per heavy atom. The normalized spacial score (nSPS) is 23.5. The number of hydrogen-bond donors (Lipinski definition) is 2. The van der Waals surface area contributed by atoms with Gasteiger partial charge in [0.25, 0.3) is 0 Å². The Labute approximate surface area is 148 Å². The maximum atomic E-state index is 10.3. The molecule has 0 bridgehead atoms. The molecule has 4 rings (SSSR count). The van der Waals surface area contributed by atoms with Crippen molar-refractivity contribution in [1.82, 2.24) is 0 Å². The summed E-state index contributed by atoms with van der Waals surface area (Å²) in [7, 11) is 0. The molecule has 0 aromatic heterocycles. The van der Waals surface area contributed by atoms with Crippen molar-refractivity contribution in [2.45, 2.75) is 25.3 Å². The highest BCUT2D eigenvalue weighted by molar-refractivity contribution is 5.62. The minimum atomic E-state index is 0.107. The molecule has 3 atom stereocenters. The highest BCUT2D eigenvalue weighted by Gasteiger charge is 2.38. The van der Waals surface area contributed by atoms with Gasteiger partial charge in [-0.1, -0.05) is 36.9 Å². The second-order valence-corrected chi connectivity index (χ2v) is 7.03. The number of phenols is 1. The van der Waals surface area contributed by atoms with Gasteiger partial charge in [0.05, 0.1) is 6.04 Å². The second-order valence-electron chi connectivity index (χ2n) is 7.03. The lowest BCUT2D eigenvalue weighted by Crippen LogP contribution is -2.29. The summed E-state index contributed by atoms with van der Waals surface area (Å²) in [6, 6.07) is 13.9. The molecule has 3 nitrogen and oxygen atoms in total. The molecule has 2 aromatic carbocycles. The Hall–Kier alpha value is -2.68. The molecule has 0 fully saturated rings. The molecule has 0 saturated carbocycles. The van der Waals surface area contributed by atoms with E-state index in [4.69, 9.17) is 4.74 Å². The highest BCUT2D eigenvalue weighted by atomic mass is 16.5. The van der Waals surface area contributed by atoms with Crippen LogP contribution in [0.3, 0.4) is 0 Å². The molecule has 0 amide bonds. The van der Waals surface area contributed by atoms with E-state index in [1.807, 2.05) is 31.2 Å². The van der Waals surface area contributed by atoms with E-state index in [2.05, 4.69) is 36.2 Å². The molecule has 0 spiro atoms. The number of fused-ring (bicyclic) bond motifs is 3. The molecule has 25 heavy (non-hydrogen) atoms. The molecule has 128 valence electrons. The summed E-state index contributed by atoms with van der Waals surface area (Å²) in [6.45, 7) is 6.39. The van der Waals surface area contributed by atoms with Crippen LogP contribution in [0.25, 0.3) is 0 Å². The summed E-state index contributed by atoms with van der Waals surface area (Å²) in [5.74, 6) is 1.98. The molecule has 2 aromatic rings. The average Bonchev–Trinajstić information content (AvgIpc) is 3.10. The fraction of sp³-hybridized carbons (Fsp3) is 0.273. The predicted octanol–water partition coefficient (Wildman–Crippen LogP) is 5.17. The Morgan fingerprint density at radius 2 is 2.08 bits per heavy atom. The fourth-order valence-corrected chi connectivity index (χ4v) is 3.93. The first-order chi connectivity index (χ1) is 12.1. The van der Waals surface area contributed by atoms with Crippen LogP contribution in [0.2, 0.25) is 0 Å². The third kappa shape index (κ3) is 2.91. The topological polar surface area (TPSA) is 41.5 Å². The predicted molar refractivity (Wildman–Crippen MR) is 101 cm³/mol. The maximum absolute atomic E-state index is 10.3. The van der Waals surface area contributed by atoms with E-state index in [9.17, 15) is 5.11 Å². The van der Waals surface area contributed by atoms with Crippen molar-refractivity contribution in [2.24, 2.45) is 5.92 Å². The van der Waals surface area contributed by atoms with Gasteiger partial charge < -0.3 is 15.2 Å². The molecule has 3 unspecified atom stereocenters. The van der Waals surface area contributed by atoms with Crippen molar-refractivity contribution in [1.29, 1.82) is 0 Å². The lowest BCUT2D eigenvalue weighted by Gasteiger charge is -2.37. The average molecular weight is 333 g/mol. The quantitative estimate of drug-likeness (QED) is 0.758. The molecule has 3 heteroatoms. The number of nitrogens with one attached hydrogen (secondary N) is 1. The summed E-state index contributed by atoms with van der Waals surface area (Å²) in [5.41, 5.74) is 4.36. The first kappa shape index (κ1) is 15.8. The molecule has 0 radical (unpaired) electrons. The zero-order chi connectivity index (χ0) is 17.4. The van der Waals surface area contributed by atoms with E-state index in [1.165, 1.54) is 5.56 Å². The minimum Gasteiger partial charge on any atom is -0.508 e. The van der Waals surface area contributed by atoms with Crippen molar-refractivity contribution in [3.63, 3.8) is 0 Å². The number of benzene rings is 2. The monoisotopic (exact) mass is 333 g/mol. The van der Waals surface area contributed by atoms with Crippen molar-refractivity contribution in [3.8, 4) is 11.5 Å². The number of hydrogen-bond acceptors (Lipinski definition) is 3.